The van der Waals surface area contributed by atoms with E-state index in [4.69, 9.17) is 9.47 Å². The molecule has 2 atom stereocenters. The summed E-state index contributed by atoms with van der Waals surface area (Å²) >= 11 is 0. The maximum Gasteiger partial charge on any atom is 0.319 e. The van der Waals surface area contributed by atoms with Gasteiger partial charge in [0.1, 0.15) is 11.5 Å². The van der Waals surface area contributed by atoms with Crippen LogP contribution >= 0.6 is 0 Å². The first-order chi connectivity index (χ1) is 11.6. The molecule has 24 heavy (non-hydrogen) atoms. The fourth-order valence-electron chi connectivity index (χ4n) is 2.96. The highest BCUT2D eigenvalue weighted by Gasteiger charge is 2.31. The number of urea groups is 1. The number of amides is 2. The van der Waals surface area contributed by atoms with Gasteiger partial charge in [0.25, 0.3) is 0 Å². The van der Waals surface area contributed by atoms with Gasteiger partial charge in [-0.2, -0.15) is 0 Å². The zero-order valence-corrected chi connectivity index (χ0v) is 13.6. The van der Waals surface area contributed by atoms with Crippen LogP contribution in [-0.4, -0.2) is 31.5 Å². The zero-order valence-electron chi connectivity index (χ0n) is 13.6. The smallest absolute Gasteiger partial charge is 0.319 e. The number of anilines is 1. The number of fused-ring (bicyclic) bond motifs is 1. The van der Waals surface area contributed by atoms with E-state index in [1.54, 1.807) is 25.3 Å². The van der Waals surface area contributed by atoms with E-state index in [1.165, 1.54) is 7.11 Å². The van der Waals surface area contributed by atoms with E-state index >= 15 is 0 Å². The van der Waals surface area contributed by atoms with Crippen LogP contribution in [0.15, 0.2) is 42.5 Å². The highest BCUT2D eigenvalue weighted by Crippen LogP contribution is 2.32. The molecule has 0 saturated heterocycles. The molecule has 126 valence electrons. The molecule has 0 heterocycles. The summed E-state index contributed by atoms with van der Waals surface area (Å²) in [7, 11) is 3.08. The molecule has 0 aliphatic heterocycles. The van der Waals surface area contributed by atoms with Crippen molar-refractivity contribution in [1.82, 2.24) is 5.32 Å². The minimum absolute atomic E-state index is 0.415. The number of benzene rings is 2. The van der Waals surface area contributed by atoms with Gasteiger partial charge in [-0.25, -0.2) is 4.79 Å². The number of carbonyl (C=O) groups is 1. The number of nitrogens with one attached hydrogen (secondary N) is 2. The highest BCUT2D eigenvalue weighted by atomic mass is 16.5. The Hall–Kier alpha value is -2.73. The van der Waals surface area contributed by atoms with Gasteiger partial charge in [-0.1, -0.05) is 24.3 Å². The quantitative estimate of drug-likeness (QED) is 0.805. The third-order valence-corrected chi connectivity index (χ3v) is 4.15. The van der Waals surface area contributed by atoms with E-state index in [1.807, 2.05) is 24.3 Å². The van der Waals surface area contributed by atoms with Gasteiger partial charge < -0.3 is 25.2 Å². The van der Waals surface area contributed by atoms with Gasteiger partial charge in [-0.15, -0.1) is 0 Å². The number of hydrogen-bond donors (Lipinski definition) is 3. The summed E-state index contributed by atoms with van der Waals surface area (Å²) in [5.41, 5.74) is 2.49. The Morgan fingerprint density at radius 2 is 1.96 bits per heavy atom. The summed E-state index contributed by atoms with van der Waals surface area (Å²) in [5, 5.41) is 15.8. The molecule has 2 aromatic rings. The number of carbonyl (C=O) groups excluding carboxylic acids is 1. The molecule has 0 aromatic heterocycles. The Kier molecular flexibility index (Phi) is 4.57. The minimum atomic E-state index is -0.639. The summed E-state index contributed by atoms with van der Waals surface area (Å²) in [6.07, 6.45) is -0.107. The Bertz CT molecular complexity index is 748. The standard InChI is InChI=1S/C18H20N2O4/c1-23-12-7-8-16(24-2)14(10-12)19-18(22)20-17-13-6-4-3-5-11(13)9-15(17)21/h3-8,10,15,17,21H,9H2,1-2H3,(H2,19,20,22)/t15-,17+/m1/s1. The van der Waals surface area contributed by atoms with Crippen LogP contribution in [0.1, 0.15) is 17.2 Å². The molecule has 0 radical (unpaired) electrons. The van der Waals surface area contributed by atoms with E-state index in [2.05, 4.69) is 10.6 Å². The molecule has 6 heteroatoms. The Morgan fingerprint density at radius 3 is 2.71 bits per heavy atom. The summed E-state index contributed by atoms with van der Waals surface area (Å²) in [5.74, 6) is 1.13. The third kappa shape index (κ3) is 3.14. The lowest BCUT2D eigenvalue weighted by molar-refractivity contribution is 0.144. The molecule has 0 fully saturated rings. The van der Waals surface area contributed by atoms with Crippen molar-refractivity contribution < 1.29 is 19.4 Å². The van der Waals surface area contributed by atoms with E-state index in [0.29, 0.717) is 23.6 Å². The largest absolute Gasteiger partial charge is 0.497 e. The van der Waals surface area contributed by atoms with Crippen LogP contribution in [-0.2, 0) is 6.42 Å². The van der Waals surface area contributed by atoms with Crippen molar-refractivity contribution in [2.75, 3.05) is 19.5 Å². The molecule has 1 aliphatic carbocycles. The summed E-state index contributed by atoms with van der Waals surface area (Å²) in [6, 6.07) is 12.0. The summed E-state index contributed by atoms with van der Waals surface area (Å²) < 4.78 is 10.4. The Labute approximate surface area is 140 Å². The van der Waals surface area contributed by atoms with Crippen LogP contribution in [0.5, 0.6) is 11.5 Å². The molecule has 0 bridgehead atoms. The van der Waals surface area contributed by atoms with Crippen molar-refractivity contribution >= 4 is 11.7 Å². The SMILES string of the molecule is COc1ccc(OC)c(NC(=O)N[C@H]2c3ccccc3C[C@H]2O)c1. The lowest BCUT2D eigenvalue weighted by Gasteiger charge is -2.19. The number of methoxy groups -OCH3 is 2. The molecule has 1 aliphatic rings. The van der Waals surface area contributed by atoms with Crippen molar-refractivity contribution in [2.24, 2.45) is 0 Å². The Morgan fingerprint density at radius 1 is 1.17 bits per heavy atom. The maximum atomic E-state index is 12.4. The summed E-state index contributed by atoms with van der Waals surface area (Å²) in [6.45, 7) is 0. The van der Waals surface area contributed by atoms with Gasteiger partial charge in [-0.05, 0) is 23.3 Å². The second kappa shape index (κ2) is 6.80. The molecular formula is C18H20N2O4. The predicted octanol–water partition coefficient (Wildman–Crippen LogP) is 2.48. The molecule has 2 amide bonds. The zero-order chi connectivity index (χ0) is 17.1. The lowest BCUT2D eigenvalue weighted by atomic mass is 10.1. The number of hydrogen-bond acceptors (Lipinski definition) is 4. The molecule has 0 spiro atoms. The van der Waals surface area contributed by atoms with Crippen molar-refractivity contribution in [3.8, 4) is 11.5 Å². The van der Waals surface area contributed by atoms with Gasteiger partial charge in [0.15, 0.2) is 0 Å². The number of ether oxygens (including phenoxy) is 2. The summed E-state index contributed by atoms with van der Waals surface area (Å²) in [4.78, 5) is 12.4. The number of aliphatic hydroxyl groups excluding tert-OH is 1. The number of aliphatic hydroxyl groups is 1. The topological polar surface area (TPSA) is 79.8 Å². The van der Waals surface area contributed by atoms with E-state index in [-0.39, 0.29) is 0 Å². The predicted molar refractivity (Wildman–Crippen MR) is 90.6 cm³/mol. The lowest BCUT2D eigenvalue weighted by Crippen LogP contribution is -2.36. The van der Waals surface area contributed by atoms with Gasteiger partial charge in [-0.3, -0.25) is 0 Å². The van der Waals surface area contributed by atoms with Crippen molar-refractivity contribution in [1.29, 1.82) is 0 Å². The monoisotopic (exact) mass is 328 g/mol. The van der Waals surface area contributed by atoms with Gasteiger partial charge in [0.2, 0.25) is 0 Å². The highest BCUT2D eigenvalue weighted by molar-refractivity contribution is 5.91. The van der Waals surface area contributed by atoms with Gasteiger partial charge >= 0.3 is 6.03 Å². The average Bonchev–Trinajstić information content (AvgIpc) is 2.90. The molecule has 6 nitrogen and oxygen atoms in total. The molecule has 3 rings (SSSR count). The normalized spacial score (nSPS) is 18.6. The van der Waals surface area contributed by atoms with Crippen LogP contribution in [0.3, 0.4) is 0 Å². The minimum Gasteiger partial charge on any atom is -0.497 e. The fourth-order valence-corrected chi connectivity index (χ4v) is 2.96. The van der Waals surface area contributed by atoms with E-state index in [0.717, 1.165) is 11.1 Å². The first-order valence-corrected chi connectivity index (χ1v) is 7.67. The van der Waals surface area contributed by atoms with E-state index in [9.17, 15) is 9.90 Å². The van der Waals surface area contributed by atoms with Crippen molar-refractivity contribution in [3.05, 3.63) is 53.6 Å². The fraction of sp³-hybridized carbons (Fsp3) is 0.278. The average molecular weight is 328 g/mol. The van der Waals surface area contributed by atoms with Gasteiger partial charge in [0, 0.05) is 12.5 Å². The van der Waals surface area contributed by atoms with E-state index < -0.39 is 18.2 Å². The number of rotatable bonds is 4. The van der Waals surface area contributed by atoms with Crippen molar-refractivity contribution in [3.63, 3.8) is 0 Å². The molecule has 3 N–H and O–H groups in total. The first kappa shape index (κ1) is 16.1. The second-order valence-electron chi connectivity index (χ2n) is 5.61. The van der Waals surface area contributed by atoms with Crippen LogP contribution in [0, 0.1) is 0 Å². The molecule has 2 aromatic carbocycles. The van der Waals surface area contributed by atoms with Crippen LogP contribution in [0.4, 0.5) is 10.5 Å². The molecule has 0 unspecified atom stereocenters. The van der Waals surface area contributed by atoms with Gasteiger partial charge in [0.05, 0.1) is 32.1 Å². The van der Waals surface area contributed by atoms with Crippen molar-refractivity contribution in [2.45, 2.75) is 18.6 Å². The maximum absolute atomic E-state index is 12.4. The molecule has 0 saturated carbocycles. The third-order valence-electron chi connectivity index (χ3n) is 4.15. The second-order valence-corrected chi connectivity index (χ2v) is 5.61. The van der Waals surface area contributed by atoms with Crippen LogP contribution in [0.25, 0.3) is 0 Å². The first-order valence-electron chi connectivity index (χ1n) is 7.67. The Balaban J connectivity index is 1.75. The van der Waals surface area contributed by atoms with Crippen LogP contribution < -0.4 is 20.1 Å². The molecular weight excluding hydrogens is 308 g/mol. The van der Waals surface area contributed by atoms with Crippen LogP contribution in [0.2, 0.25) is 0 Å².